The quantitative estimate of drug-likeness (QED) is 0.338. The van der Waals surface area contributed by atoms with E-state index in [1.54, 1.807) is 37.8 Å². The highest BCUT2D eigenvalue weighted by Gasteiger charge is 2.38. The van der Waals surface area contributed by atoms with Gasteiger partial charge in [-0.05, 0) is 63.6 Å². The van der Waals surface area contributed by atoms with Gasteiger partial charge >= 0.3 is 6.09 Å². The van der Waals surface area contributed by atoms with E-state index < -0.39 is 23.8 Å². The maximum absolute atomic E-state index is 14.1. The largest absolute Gasteiger partial charge is 0.508 e. The normalized spacial score (nSPS) is 16.1. The summed E-state index contributed by atoms with van der Waals surface area (Å²) in [6.07, 6.45) is 7.09. The summed E-state index contributed by atoms with van der Waals surface area (Å²) in [6, 6.07) is 4.77. The highest BCUT2D eigenvalue weighted by Crippen LogP contribution is 2.27. The Morgan fingerprint density at radius 2 is 1.68 bits per heavy atom. The number of nitrogens with zero attached hydrogens (tertiary/aromatic N) is 1. The molecule has 0 aromatic heterocycles. The van der Waals surface area contributed by atoms with Crippen LogP contribution in [0.25, 0.3) is 0 Å². The standard InChI is InChI=1S/C29H47N3O5/c1-7-8-12-19-32(27(35)24(20(2)3)31-28(36)37-29(4,5)6)25(21-15-17-23(33)18-16-21)26(34)30-22-13-10-9-11-14-22/h15-18,20,22,24-25,33H,7-14,19H2,1-6H3,(H,30,34)(H,31,36). The molecule has 0 spiro atoms. The van der Waals surface area contributed by atoms with E-state index in [1.807, 2.05) is 13.8 Å². The number of rotatable bonds is 11. The van der Waals surface area contributed by atoms with Crippen molar-refractivity contribution in [3.8, 4) is 5.75 Å². The fourth-order valence-electron chi connectivity index (χ4n) is 4.68. The zero-order valence-corrected chi connectivity index (χ0v) is 23.5. The summed E-state index contributed by atoms with van der Waals surface area (Å²) in [7, 11) is 0. The molecule has 0 radical (unpaired) electrons. The molecule has 1 aromatic carbocycles. The average Bonchev–Trinajstić information content (AvgIpc) is 2.82. The number of unbranched alkanes of at least 4 members (excludes halogenated alkanes) is 2. The van der Waals surface area contributed by atoms with Gasteiger partial charge < -0.3 is 25.4 Å². The summed E-state index contributed by atoms with van der Waals surface area (Å²) in [5.41, 5.74) is -0.0834. The van der Waals surface area contributed by atoms with Crippen molar-refractivity contribution in [2.75, 3.05) is 6.54 Å². The summed E-state index contributed by atoms with van der Waals surface area (Å²) >= 11 is 0. The third-order valence-electron chi connectivity index (χ3n) is 6.61. The second-order valence-electron chi connectivity index (χ2n) is 11.4. The Morgan fingerprint density at radius 1 is 1.05 bits per heavy atom. The molecule has 2 unspecified atom stereocenters. The number of aromatic hydroxyl groups is 1. The van der Waals surface area contributed by atoms with Crippen molar-refractivity contribution in [3.63, 3.8) is 0 Å². The number of alkyl carbamates (subject to hydrolysis) is 1. The Morgan fingerprint density at radius 3 is 2.22 bits per heavy atom. The van der Waals surface area contributed by atoms with Gasteiger partial charge in [-0.3, -0.25) is 9.59 Å². The van der Waals surface area contributed by atoms with Crippen molar-refractivity contribution >= 4 is 17.9 Å². The van der Waals surface area contributed by atoms with Crippen LogP contribution in [0, 0.1) is 5.92 Å². The minimum atomic E-state index is -0.881. The lowest BCUT2D eigenvalue weighted by Crippen LogP contribution is -2.55. The molecule has 1 aliphatic carbocycles. The molecule has 1 fully saturated rings. The second-order valence-corrected chi connectivity index (χ2v) is 11.4. The number of ether oxygens (including phenoxy) is 1. The van der Waals surface area contributed by atoms with Gasteiger partial charge in [0, 0.05) is 12.6 Å². The van der Waals surface area contributed by atoms with E-state index in [9.17, 15) is 19.5 Å². The van der Waals surface area contributed by atoms with Gasteiger partial charge in [-0.2, -0.15) is 0 Å². The Kier molecular flexibility index (Phi) is 11.7. The van der Waals surface area contributed by atoms with Crippen molar-refractivity contribution in [2.45, 2.75) is 117 Å². The van der Waals surface area contributed by atoms with E-state index in [1.165, 1.54) is 18.6 Å². The molecule has 208 valence electrons. The molecule has 3 amide bonds. The fourth-order valence-corrected chi connectivity index (χ4v) is 4.68. The molecule has 3 N–H and O–H groups in total. The van der Waals surface area contributed by atoms with E-state index >= 15 is 0 Å². The second kappa shape index (κ2) is 14.2. The molecule has 2 atom stereocenters. The molecule has 1 aromatic rings. The van der Waals surface area contributed by atoms with Crippen LogP contribution in [0.15, 0.2) is 24.3 Å². The van der Waals surface area contributed by atoms with E-state index in [-0.39, 0.29) is 29.5 Å². The molecular formula is C29H47N3O5. The number of carbonyl (C=O) groups is 3. The van der Waals surface area contributed by atoms with Crippen LogP contribution in [-0.4, -0.2) is 52.1 Å². The molecule has 1 saturated carbocycles. The zero-order chi connectivity index (χ0) is 27.6. The molecule has 2 rings (SSSR count). The van der Waals surface area contributed by atoms with Gasteiger partial charge in [0.1, 0.15) is 23.4 Å². The Balaban J connectivity index is 2.43. The van der Waals surface area contributed by atoms with E-state index in [4.69, 9.17) is 4.74 Å². The summed E-state index contributed by atoms with van der Waals surface area (Å²) in [5.74, 6) is -0.697. The monoisotopic (exact) mass is 517 g/mol. The van der Waals surface area contributed by atoms with Crippen LogP contribution in [0.1, 0.15) is 105 Å². The van der Waals surface area contributed by atoms with Crippen molar-refractivity contribution < 1.29 is 24.2 Å². The molecule has 1 aliphatic rings. The summed E-state index contributed by atoms with van der Waals surface area (Å²) < 4.78 is 5.43. The number of phenols is 1. The summed E-state index contributed by atoms with van der Waals surface area (Å²) in [6.45, 7) is 11.5. The van der Waals surface area contributed by atoms with Crippen LogP contribution in [0.3, 0.4) is 0 Å². The van der Waals surface area contributed by atoms with Gasteiger partial charge in [0.15, 0.2) is 0 Å². The maximum atomic E-state index is 14.1. The molecule has 8 nitrogen and oxygen atoms in total. The van der Waals surface area contributed by atoms with Crippen LogP contribution in [0.2, 0.25) is 0 Å². The highest BCUT2D eigenvalue weighted by molar-refractivity contribution is 5.92. The SMILES string of the molecule is CCCCCN(C(=O)C(NC(=O)OC(C)(C)C)C(C)C)C(C(=O)NC1CCCCC1)c1ccc(O)cc1. The minimum absolute atomic E-state index is 0.0780. The van der Waals surface area contributed by atoms with Gasteiger partial charge in [0.25, 0.3) is 0 Å². The number of amides is 3. The predicted molar refractivity (Wildman–Crippen MR) is 145 cm³/mol. The van der Waals surface area contributed by atoms with E-state index in [2.05, 4.69) is 17.6 Å². The smallest absolute Gasteiger partial charge is 0.408 e. The van der Waals surface area contributed by atoms with E-state index in [0.717, 1.165) is 44.9 Å². The molecule has 0 saturated heterocycles. The number of hydrogen-bond donors (Lipinski definition) is 3. The minimum Gasteiger partial charge on any atom is -0.508 e. The lowest BCUT2D eigenvalue weighted by molar-refractivity contribution is -0.143. The number of nitrogens with one attached hydrogen (secondary N) is 2. The lowest BCUT2D eigenvalue weighted by atomic mass is 9.94. The maximum Gasteiger partial charge on any atom is 0.408 e. The molecule has 37 heavy (non-hydrogen) atoms. The first-order valence-corrected chi connectivity index (χ1v) is 13.8. The van der Waals surface area contributed by atoms with Gasteiger partial charge in [-0.25, -0.2) is 4.79 Å². The molecule has 0 aliphatic heterocycles. The first-order valence-electron chi connectivity index (χ1n) is 13.8. The molecular weight excluding hydrogens is 470 g/mol. The van der Waals surface area contributed by atoms with Crippen molar-refractivity contribution in [1.82, 2.24) is 15.5 Å². The van der Waals surface area contributed by atoms with E-state index in [0.29, 0.717) is 12.1 Å². The summed E-state index contributed by atoms with van der Waals surface area (Å²) in [5, 5.41) is 15.8. The first kappa shape index (κ1) is 30.5. The molecule has 8 heteroatoms. The van der Waals surface area contributed by atoms with Gasteiger partial charge in [0.05, 0.1) is 0 Å². The van der Waals surface area contributed by atoms with Gasteiger partial charge in [-0.1, -0.05) is 65.0 Å². The van der Waals surface area contributed by atoms with Crippen LogP contribution < -0.4 is 10.6 Å². The number of carbonyl (C=O) groups excluding carboxylic acids is 3. The third-order valence-corrected chi connectivity index (χ3v) is 6.61. The van der Waals surface area contributed by atoms with Gasteiger partial charge in [-0.15, -0.1) is 0 Å². The third kappa shape index (κ3) is 9.90. The van der Waals surface area contributed by atoms with Crippen molar-refractivity contribution in [2.24, 2.45) is 5.92 Å². The van der Waals surface area contributed by atoms with Crippen molar-refractivity contribution in [1.29, 1.82) is 0 Å². The Hall–Kier alpha value is -2.77. The zero-order valence-electron chi connectivity index (χ0n) is 23.5. The summed E-state index contributed by atoms with van der Waals surface area (Å²) in [4.78, 5) is 42.1. The predicted octanol–water partition coefficient (Wildman–Crippen LogP) is 5.45. The lowest BCUT2D eigenvalue weighted by Gasteiger charge is -2.36. The number of phenolic OH excluding ortho intramolecular Hbond substituents is 1. The first-order chi connectivity index (χ1) is 17.4. The average molecular weight is 518 g/mol. The van der Waals surface area contributed by atoms with Crippen LogP contribution in [-0.2, 0) is 14.3 Å². The topological polar surface area (TPSA) is 108 Å². The van der Waals surface area contributed by atoms with Crippen molar-refractivity contribution in [3.05, 3.63) is 29.8 Å². The highest BCUT2D eigenvalue weighted by atomic mass is 16.6. The van der Waals surface area contributed by atoms with Crippen LogP contribution >= 0.6 is 0 Å². The molecule has 0 heterocycles. The van der Waals surface area contributed by atoms with Crippen LogP contribution in [0.5, 0.6) is 5.75 Å². The van der Waals surface area contributed by atoms with Crippen LogP contribution in [0.4, 0.5) is 4.79 Å². The molecule has 0 bridgehead atoms. The number of benzene rings is 1. The van der Waals surface area contributed by atoms with Gasteiger partial charge in [0.2, 0.25) is 11.8 Å². The Labute approximate surface area is 222 Å². The fraction of sp³-hybridized carbons (Fsp3) is 0.690. The number of hydrogen-bond acceptors (Lipinski definition) is 5. The Bertz CT molecular complexity index is 873.